The molecule has 7 heteroatoms. The maximum atomic E-state index is 12.4. The molecule has 2 atom stereocenters. The number of hydrogen-bond acceptors (Lipinski definition) is 4. The van der Waals surface area contributed by atoms with Crippen LogP contribution in [0.2, 0.25) is 0 Å². The van der Waals surface area contributed by atoms with E-state index in [1.54, 1.807) is 23.6 Å². The second-order valence-electron chi connectivity index (χ2n) is 6.08. The van der Waals surface area contributed by atoms with E-state index in [4.69, 9.17) is 0 Å². The Kier molecular flexibility index (Phi) is 5.54. The molecule has 130 valence electrons. The van der Waals surface area contributed by atoms with Crippen molar-refractivity contribution in [1.82, 2.24) is 5.32 Å². The summed E-state index contributed by atoms with van der Waals surface area (Å²) >= 11 is 1.61. The van der Waals surface area contributed by atoms with Crippen molar-refractivity contribution in [2.75, 3.05) is 17.7 Å². The lowest BCUT2D eigenvalue weighted by atomic mass is 9.97. The van der Waals surface area contributed by atoms with E-state index in [0.717, 1.165) is 10.6 Å². The standard InChI is InChI=1S/C17H22N2O4S/c1-4-17(2,16(22)23)18-15(21)11-9-14(20)19(10-11)12-5-7-13(24-3)8-6-12/h5-8,11H,4,9-10H2,1-3H3,(H,18,21)(H,22,23). The van der Waals surface area contributed by atoms with Gasteiger partial charge < -0.3 is 15.3 Å². The van der Waals surface area contributed by atoms with E-state index >= 15 is 0 Å². The first kappa shape index (κ1) is 18.3. The van der Waals surface area contributed by atoms with E-state index in [1.165, 1.54) is 6.92 Å². The Morgan fingerprint density at radius 2 is 2.00 bits per heavy atom. The fraction of sp³-hybridized carbons (Fsp3) is 0.471. The van der Waals surface area contributed by atoms with E-state index < -0.39 is 23.3 Å². The number of nitrogens with one attached hydrogen (secondary N) is 1. The molecule has 1 aliphatic rings. The highest BCUT2D eigenvalue weighted by Crippen LogP contribution is 2.27. The topological polar surface area (TPSA) is 86.7 Å². The van der Waals surface area contributed by atoms with Gasteiger partial charge in [0.05, 0.1) is 5.92 Å². The number of hydrogen-bond donors (Lipinski definition) is 2. The van der Waals surface area contributed by atoms with Crippen LogP contribution in [0.25, 0.3) is 0 Å². The first-order valence-electron chi connectivity index (χ1n) is 7.80. The smallest absolute Gasteiger partial charge is 0.329 e. The third kappa shape index (κ3) is 3.72. The molecule has 1 aromatic rings. The van der Waals surface area contributed by atoms with Gasteiger partial charge in [-0.25, -0.2) is 4.79 Å². The maximum Gasteiger partial charge on any atom is 0.329 e. The number of carboxylic acids is 1. The summed E-state index contributed by atoms with van der Waals surface area (Å²) in [5.74, 6) is -2.13. The number of amides is 2. The van der Waals surface area contributed by atoms with Crippen molar-refractivity contribution in [3.05, 3.63) is 24.3 Å². The van der Waals surface area contributed by atoms with E-state index in [-0.39, 0.29) is 25.3 Å². The summed E-state index contributed by atoms with van der Waals surface area (Å²) in [6.45, 7) is 3.44. The Balaban J connectivity index is 2.08. The van der Waals surface area contributed by atoms with Gasteiger partial charge in [0, 0.05) is 23.5 Å². The SMILES string of the molecule is CCC(C)(NC(=O)C1CC(=O)N(c2ccc(SC)cc2)C1)C(=O)O. The van der Waals surface area contributed by atoms with Crippen LogP contribution in [0, 0.1) is 5.92 Å². The Morgan fingerprint density at radius 3 is 2.50 bits per heavy atom. The van der Waals surface area contributed by atoms with Crippen molar-refractivity contribution in [3.63, 3.8) is 0 Å². The van der Waals surface area contributed by atoms with Crippen LogP contribution in [0.4, 0.5) is 5.69 Å². The van der Waals surface area contributed by atoms with Gasteiger partial charge in [0.15, 0.2) is 0 Å². The maximum absolute atomic E-state index is 12.4. The van der Waals surface area contributed by atoms with Crippen LogP contribution < -0.4 is 10.2 Å². The van der Waals surface area contributed by atoms with Crippen LogP contribution in [-0.4, -0.2) is 41.2 Å². The van der Waals surface area contributed by atoms with Crippen LogP contribution in [0.15, 0.2) is 29.2 Å². The van der Waals surface area contributed by atoms with E-state index in [2.05, 4.69) is 5.32 Å². The molecule has 2 rings (SSSR count). The molecule has 1 fully saturated rings. The molecule has 6 nitrogen and oxygen atoms in total. The van der Waals surface area contributed by atoms with Gasteiger partial charge >= 0.3 is 5.97 Å². The molecule has 2 N–H and O–H groups in total. The van der Waals surface area contributed by atoms with Gasteiger partial charge in [0.25, 0.3) is 0 Å². The summed E-state index contributed by atoms with van der Waals surface area (Å²) in [5.41, 5.74) is -0.558. The zero-order valence-electron chi connectivity index (χ0n) is 14.0. The minimum atomic E-state index is -1.31. The number of rotatable bonds is 6. The van der Waals surface area contributed by atoms with E-state index in [1.807, 2.05) is 30.5 Å². The van der Waals surface area contributed by atoms with Gasteiger partial charge in [0.1, 0.15) is 5.54 Å². The predicted octanol–water partition coefficient (Wildman–Crippen LogP) is 2.13. The highest BCUT2D eigenvalue weighted by molar-refractivity contribution is 7.98. The summed E-state index contributed by atoms with van der Waals surface area (Å²) in [6, 6.07) is 7.58. The number of benzene rings is 1. The first-order valence-corrected chi connectivity index (χ1v) is 9.03. The van der Waals surface area contributed by atoms with Crippen LogP contribution in [0.3, 0.4) is 0 Å². The fourth-order valence-electron chi connectivity index (χ4n) is 2.56. The summed E-state index contributed by atoms with van der Waals surface area (Å²) in [5, 5.41) is 11.8. The summed E-state index contributed by atoms with van der Waals surface area (Å²) in [4.78, 5) is 38.6. The number of nitrogens with zero attached hydrogens (tertiary/aromatic N) is 1. The highest BCUT2D eigenvalue weighted by atomic mass is 32.2. The molecule has 0 saturated carbocycles. The molecular formula is C17H22N2O4S. The molecule has 0 bridgehead atoms. The Bertz CT molecular complexity index is 646. The lowest BCUT2D eigenvalue weighted by Crippen LogP contribution is -2.53. The van der Waals surface area contributed by atoms with Gasteiger partial charge in [-0.15, -0.1) is 11.8 Å². The van der Waals surface area contributed by atoms with Crippen molar-refractivity contribution in [2.24, 2.45) is 5.92 Å². The quantitative estimate of drug-likeness (QED) is 0.768. The fourth-order valence-corrected chi connectivity index (χ4v) is 2.97. The van der Waals surface area contributed by atoms with Crippen molar-refractivity contribution in [2.45, 2.75) is 37.1 Å². The summed E-state index contributed by atoms with van der Waals surface area (Å²) in [6.07, 6.45) is 2.34. The van der Waals surface area contributed by atoms with Gasteiger partial charge in [-0.3, -0.25) is 9.59 Å². The number of anilines is 1. The molecule has 2 unspecified atom stereocenters. The minimum Gasteiger partial charge on any atom is -0.480 e. The number of carbonyl (C=O) groups excluding carboxylic acids is 2. The zero-order valence-corrected chi connectivity index (χ0v) is 14.9. The van der Waals surface area contributed by atoms with Gasteiger partial charge in [-0.05, 0) is 43.9 Å². The molecule has 0 aliphatic carbocycles. The molecule has 0 aromatic heterocycles. The second kappa shape index (κ2) is 7.25. The van der Waals surface area contributed by atoms with Gasteiger partial charge in [0.2, 0.25) is 11.8 Å². The molecule has 1 heterocycles. The normalized spacial score (nSPS) is 19.9. The lowest BCUT2D eigenvalue weighted by Gasteiger charge is -2.26. The van der Waals surface area contributed by atoms with Crippen molar-refractivity contribution < 1.29 is 19.5 Å². The van der Waals surface area contributed by atoms with Crippen LogP contribution in [0.5, 0.6) is 0 Å². The van der Waals surface area contributed by atoms with Crippen molar-refractivity contribution in [1.29, 1.82) is 0 Å². The monoisotopic (exact) mass is 350 g/mol. The van der Waals surface area contributed by atoms with Crippen LogP contribution >= 0.6 is 11.8 Å². The third-order valence-corrected chi connectivity index (χ3v) is 5.20. The predicted molar refractivity (Wildman–Crippen MR) is 93.2 cm³/mol. The number of carboxylic acid groups (broad SMARTS) is 1. The number of carbonyl (C=O) groups is 3. The average Bonchev–Trinajstić information content (AvgIpc) is 2.96. The first-order chi connectivity index (χ1) is 11.3. The lowest BCUT2D eigenvalue weighted by molar-refractivity contribution is -0.147. The van der Waals surface area contributed by atoms with E-state index in [0.29, 0.717) is 0 Å². The van der Waals surface area contributed by atoms with Crippen LogP contribution in [0.1, 0.15) is 26.7 Å². The molecule has 0 spiro atoms. The molecule has 2 amide bonds. The molecule has 1 aromatic carbocycles. The minimum absolute atomic E-state index is 0.0928. The summed E-state index contributed by atoms with van der Waals surface area (Å²) in [7, 11) is 0. The van der Waals surface area contributed by atoms with Gasteiger partial charge in [-0.2, -0.15) is 0 Å². The largest absolute Gasteiger partial charge is 0.480 e. The average molecular weight is 350 g/mol. The number of aliphatic carboxylic acids is 1. The molecular weight excluding hydrogens is 328 g/mol. The zero-order chi connectivity index (χ0) is 17.9. The Hall–Kier alpha value is -2.02. The van der Waals surface area contributed by atoms with Crippen LogP contribution in [-0.2, 0) is 14.4 Å². The Labute approximate surface area is 145 Å². The molecule has 0 radical (unpaired) electrons. The third-order valence-electron chi connectivity index (χ3n) is 4.46. The van der Waals surface area contributed by atoms with Crippen molar-refractivity contribution in [3.8, 4) is 0 Å². The summed E-state index contributed by atoms with van der Waals surface area (Å²) < 4.78 is 0. The Morgan fingerprint density at radius 1 is 1.38 bits per heavy atom. The molecule has 24 heavy (non-hydrogen) atoms. The van der Waals surface area contributed by atoms with Gasteiger partial charge in [-0.1, -0.05) is 6.92 Å². The second-order valence-corrected chi connectivity index (χ2v) is 6.96. The highest BCUT2D eigenvalue weighted by Gasteiger charge is 2.39. The molecule has 1 saturated heterocycles. The van der Waals surface area contributed by atoms with Crippen molar-refractivity contribution >= 4 is 35.2 Å². The number of thioether (sulfide) groups is 1. The molecule has 1 aliphatic heterocycles. The van der Waals surface area contributed by atoms with E-state index in [9.17, 15) is 19.5 Å².